The average molecular weight is 262 g/mol. The molecule has 1 aliphatic rings. The zero-order valence-electron chi connectivity index (χ0n) is 11.8. The van der Waals surface area contributed by atoms with Crippen molar-refractivity contribution in [3.63, 3.8) is 0 Å². The molecular weight excluding hydrogens is 240 g/mol. The fraction of sp³-hybridized carbons (Fsp3) is 0.533. The number of ether oxygens (including phenoxy) is 1. The maximum Gasteiger partial charge on any atom is 0.407 e. The van der Waals surface area contributed by atoms with Crippen molar-refractivity contribution in [2.75, 3.05) is 18.4 Å². The Kier molecular flexibility index (Phi) is 3.98. The standard InChI is InChI=1S/C15H22N2O2/c1-15(2,3)19-14(18)17-10-11-8-9-16-13-7-5-4-6-12(11)13/h4-7,11,16H,8-10H2,1-3H3,(H,17,18)/t11-/m1/s1. The maximum atomic E-state index is 11.7. The Balaban J connectivity index is 1.93. The van der Waals surface area contributed by atoms with E-state index in [0.717, 1.165) is 13.0 Å². The maximum absolute atomic E-state index is 11.7. The normalized spacial score (nSPS) is 18.2. The highest BCUT2D eigenvalue weighted by atomic mass is 16.6. The molecule has 4 nitrogen and oxygen atoms in total. The first-order valence-corrected chi connectivity index (χ1v) is 6.75. The number of para-hydroxylation sites is 1. The number of hydrogen-bond donors (Lipinski definition) is 2. The topological polar surface area (TPSA) is 50.4 Å². The van der Waals surface area contributed by atoms with Crippen LogP contribution in [0, 0.1) is 0 Å². The van der Waals surface area contributed by atoms with Gasteiger partial charge in [-0.2, -0.15) is 0 Å². The van der Waals surface area contributed by atoms with Crippen LogP contribution in [-0.4, -0.2) is 24.8 Å². The summed E-state index contributed by atoms with van der Waals surface area (Å²) in [6.07, 6.45) is 0.677. The molecule has 0 spiro atoms. The number of alkyl carbamates (subject to hydrolysis) is 1. The minimum atomic E-state index is -0.448. The van der Waals surface area contributed by atoms with Gasteiger partial charge in [-0.25, -0.2) is 4.79 Å². The molecule has 0 fully saturated rings. The molecule has 0 aliphatic carbocycles. The number of rotatable bonds is 2. The molecule has 1 aliphatic heterocycles. The van der Waals surface area contributed by atoms with Gasteiger partial charge in [0.25, 0.3) is 0 Å². The molecule has 0 saturated carbocycles. The highest BCUT2D eigenvalue weighted by molar-refractivity contribution is 5.68. The summed E-state index contributed by atoms with van der Waals surface area (Å²) in [4.78, 5) is 11.7. The van der Waals surface area contributed by atoms with E-state index < -0.39 is 5.60 Å². The zero-order valence-corrected chi connectivity index (χ0v) is 11.8. The van der Waals surface area contributed by atoms with Crippen LogP contribution in [0.1, 0.15) is 38.7 Å². The third-order valence-electron chi connectivity index (χ3n) is 3.10. The minimum absolute atomic E-state index is 0.344. The van der Waals surface area contributed by atoms with E-state index in [-0.39, 0.29) is 6.09 Å². The number of anilines is 1. The van der Waals surface area contributed by atoms with Gasteiger partial charge in [0.1, 0.15) is 5.60 Å². The van der Waals surface area contributed by atoms with Gasteiger partial charge in [-0.1, -0.05) is 18.2 Å². The number of carbonyl (C=O) groups excluding carboxylic acids is 1. The van der Waals surface area contributed by atoms with E-state index in [2.05, 4.69) is 22.8 Å². The van der Waals surface area contributed by atoms with E-state index in [1.54, 1.807) is 0 Å². The molecule has 1 aromatic rings. The largest absolute Gasteiger partial charge is 0.444 e. The van der Waals surface area contributed by atoms with E-state index in [0.29, 0.717) is 12.5 Å². The molecule has 0 unspecified atom stereocenters. The Morgan fingerprint density at radius 2 is 2.16 bits per heavy atom. The van der Waals surface area contributed by atoms with Crippen LogP contribution in [0.3, 0.4) is 0 Å². The SMILES string of the molecule is CC(C)(C)OC(=O)NC[C@H]1CCNc2ccccc21. The van der Waals surface area contributed by atoms with Gasteiger partial charge in [0, 0.05) is 24.7 Å². The second-order valence-electron chi connectivity index (χ2n) is 5.88. The van der Waals surface area contributed by atoms with Gasteiger partial charge in [0.05, 0.1) is 0 Å². The lowest BCUT2D eigenvalue weighted by atomic mass is 9.91. The quantitative estimate of drug-likeness (QED) is 0.861. The van der Waals surface area contributed by atoms with Crippen LogP contribution in [-0.2, 0) is 4.74 Å². The van der Waals surface area contributed by atoms with Crippen molar-refractivity contribution < 1.29 is 9.53 Å². The van der Waals surface area contributed by atoms with Crippen LogP contribution >= 0.6 is 0 Å². The van der Waals surface area contributed by atoms with E-state index in [9.17, 15) is 4.79 Å². The molecule has 19 heavy (non-hydrogen) atoms. The van der Waals surface area contributed by atoms with Crippen molar-refractivity contribution in [1.29, 1.82) is 0 Å². The molecule has 104 valence electrons. The monoisotopic (exact) mass is 262 g/mol. The number of benzene rings is 1. The molecule has 1 atom stereocenters. The lowest BCUT2D eigenvalue weighted by molar-refractivity contribution is 0.0524. The van der Waals surface area contributed by atoms with Crippen LogP contribution in [0.15, 0.2) is 24.3 Å². The number of hydrogen-bond acceptors (Lipinski definition) is 3. The molecule has 1 amide bonds. The van der Waals surface area contributed by atoms with Gasteiger partial charge in [0.15, 0.2) is 0 Å². The Labute approximate surface area is 114 Å². The molecule has 2 N–H and O–H groups in total. The summed E-state index contributed by atoms with van der Waals surface area (Å²) in [5.74, 6) is 0.352. The number of fused-ring (bicyclic) bond motifs is 1. The lowest BCUT2D eigenvalue weighted by Gasteiger charge is -2.27. The van der Waals surface area contributed by atoms with Crippen LogP contribution < -0.4 is 10.6 Å². The van der Waals surface area contributed by atoms with Crippen molar-refractivity contribution in [2.24, 2.45) is 0 Å². The van der Waals surface area contributed by atoms with Gasteiger partial charge in [0.2, 0.25) is 0 Å². The molecule has 0 bridgehead atoms. The van der Waals surface area contributed by atoms with Gasteiger partial charge in [-0.3, -0.25) is 0 Å². The van der Waals surface area contributed by atoms with Gasteiger partial charge in [-0.05, 0) is 38.8 Å². The number of amides is 1. The van der Waals surface area contributed by atoms with Crippen LogP contribution in [0.2, 0.25) is 0 Å². The van der Waals surface area contributed by atoms with Crippen molar-refractivity contribution in [2.45, 2.75) is 38.7 Å². The zero-order chi connectivity index (χ0) is 13.9. The minimum Gasteiger partial charge on any atom is -0.444 e. The fourth-order valence-corrected chi connectivity index (χ4v) is 2.28. The van der Waals surface area contributed by atoms with Crippen LogP contribution in [0.5, 0.6) is 0 Å². The van der Waals surface area contributed by atoms with E-state index >= 15 is 0 Å². The Bertz CT molecular complexity index is 452. The van der Waals surface area contributed by atoms with Gasteiger partial charge < -0.3 is 15.4 Å². The van der Waals surface area contributed by atoms with Gasteiger partial charge >= 0.3 is 6.09 Å². The van der Waals surface area contributed by atoms with Crippen molar-refractivity contribution >= 4 is 11.8 Å². The first-order chi connectivity index (χ1) is 8.96. The van der Waals surface area contributed by atoms with E-state index in [1.807, 2.05) is 32.9 Å². The summed E-state index contributed by atoms with van der Waals surface area (Å²) >= 11 is 0. The third-order valence-corrected chi connectivity index (χ3v) is 3.10. The lowest BCUT2D eigenvalue weighted by Crippen LogP contribution is -2.36. The Morgan fingerprint density at radius 3 is 2.89 bits per heavy atom. The molecule has 2 rings (SSSR count). The van der Waals surface area contributed by atoms with Crippen LogP contribution in [0.25, 0.3) is 0 Å². The molecule has 0 saturated heterocycles. The van der Waals surface area contributed by atoms with Gasteiger partial charge in [-0.15, -0.1) is 0 Å². The molecule has 1 aromatic carbocycles. The molecule has 0 aromatic heterocycles. The third kappa shape index (κ3) is 3.88. The van der Waals surface area contributed by atoms with E-state index in [4.69, 9.17) is 4.74 Å². The van der Waals surface area contributed by atoms with Crippen molar-refractivity contribution in [1.82, 2.24) is 5.32 Å². The summed E-state index contributed by atoms with van der Waals surface area (Å²) in [7, 11) is 0. The first-order valence-electron chi connectivity index (χ1n) is 6.75. The Morgan fingerprint density at radius 1 is 1.42 bits per heavy atom. The van der Waals surface area contributed by atoms with Crippen molar-refractivity contribution in [3.05, 3.63) is 29.8 Å². The highest BCUT2D eigenvalue weighted by Crippen LogP contribution is 2.30. The molecule has 1 heterocycles. The predicted octanol–water partition coefficient (Wildman–Crippen LogP) is 3.11. The molecular formula is C15H22N2O2. The van der Waals surface area contributed by atoms with Crippen molar-refractivity contribution in [3.8, 4) is 0 Å². The summed E-state index contributed by atoms with van der Waals surface area (Å²) in [6, 6.07) is 8.25. The van der Waals surface area contributed by atoms with Crippen LogP contribution in [0.4, 0.5) is 10.5 Å². The number of carbonyl (C=O) groups is 1. The summed E-state index contributed by atoms with van der Waals surface area (Å²) in [5.41, 5.74) is 1.99. The fourth-order valence-electron chi connectivity index (χ4n) is 2.28. The number of nitrogens with one attached hydrogen (secondary N) is 2. The second kappa shape index (κ2) is 5.51. The summed E-state index contributed by atoms with van der Waals surface area (Å²) in [6.45, 7) is 7.16. The molecule has 0 radical (unpaired) electrons. The summed E-state index contributed by atoms with van der Waals surface area (Å²) < 4.78 is 5.25. The average Bonchev–Trinajstić information content (AvgIpc) is 2.34. The Hall–Kier alpha value is -1.71. The first kappa shape index (κ1) is 13.7. The highest BCUT2D eigenvalue weighted by Gasteiger charge is 2.21. The second-order valence-corrected chi connectivity index (χ2v) is 5.88. The van der Waals surface area contributed by atoms with E-state index in [1.165, 1.54) is 11.3 Å². The summed E-state index contributed by atoms with van der Waals surface area (Å²) in [5, 5.41) is 6.24. The smallest absolute Gasteiger partial charge is 0.407 e. The predicted molar refractivity (Wildman–Crippen MR) is 76.5 cm³/mol. The molecule has 4 heteroatoms.